The van der Waals surface area contributed by atoms with E-state index in [1.165, 1.54) is 17.2 Å². The molecule has 0 saturated heterocycles. The number of fused-ring (bicyclic) bond motifs is 1. The van der Waals surface area contributed by atoms with Crippen LogP contribution in [-0.4, -0.2) is 10.7 Å². The number of thioether (sulfide) groups is 1. The minimum atomic E-state index is -0.203. The number of nitrogens with zero attached hydrogens (tertiary/aromatic N) is 1. The molecule has 0 N–H and O–H groups in total. The first-order valence-corrected chi connectivity index (χ1v) is 4.84. The molecule has 0 saturated carbocycles. The molecule has 2 heterocycles. The maximum Gasteiger partial charge on any atom is 0.139 e. The fraction of sp³-hybridized carbons (Fsp3) is 0.111. The molecule has 0 aliphatic heterocycles. The fourth-order valence-electron chi connectivity index (χ4n) is 1.23. The SMILES string of the molecule is CSc1ccn2cc(F)ccc12. The molecular weight excluding hydrogens is 173 g/mol. The van der Waals surface area contributed by atoms with Crippen LogP contribution < -0.4 is 0 Å². The smallest absolute Gasteiger partial charge is 0.139 e. The van der Waals surface area contributed by atoms with Crippen molar-refractivity contribution in [1.29, 1.82) is 0 Å². The number of hydrogen-bond acceptors (Lipinski definition) is 1. The van der Waals surface area contributed by atoms with E-state index in [-0.39, 0.29) is 5.82 Å². The molecule has 0 aliphatic carbocycles. The summed E-state index contributed by atoms with van der Waals surface area (Å²) >= 11 is 1.67. The van der Waals surface area contributed by atoms with Gasteiger partial charge in [0.05, 0.1) is 5.52 Å². The molecule has 2 rings (SSSR count). The van der Waals surface area contributed by atoms with Crippen molar-refractivity contribution in [2.75, 3.05) is 6.26 Å². The van der Waals surface area contributed by atoms with Gasteiger partial charge in [0.1, 0.15) is 5.82 Å². The topological polar surface area (TPSA) is 4.41 Å². The average Bonchev–Trinajstić information content (AvgIpc) is 2.46. The predicted octanol–water partition coefficient (Wildman–Crippen LogP) is 2.80. The summed E-state index contributed by atoms with van der Waals surface area (Å²) in [6.07, 6.45) is 5.36. The molecule has 0 spiro atoms. The summed E-state index contributed by atoms with van der Waals surface area (Å²) in [4.78, 5) is 1.18. The van der Waals surface area contributed by atoms with Crippen LogP contribution in [0, 0.1) is 5.82 Å². The first kappa shape index (κ1) is 7.68. The Bertz CT molecular complexity index is 408. The highest BCUT2D eigenvalue weighted by Crippen LogP contribution is 2.22. The van der Waals surface area contributed by atoms with E-state index >= 15 is 0 Å². The molecule has 0 atom stereocenters. The van der Waals surface area contributed by atoms with Crippen molar-refractivity contribution < 1.29 is 4.39 Å². The summed E-state index contributed by atoms with van der Waals surface area (Å²) in [5.41, 5.74) is 1.06. The molecule has 1 nitrogen and oxygen atoms in total. The van der Waals surface area contributed by atoms with Gasteiger partial charge in [0.15, 0.2) is 0 Å². The van der Waals surface area contributed by atoms with E-state index in [2.05, 4.69) is 0 Å². The van der Waals surface area contributed by atoms with Gasteiger partial charge in [-0.25, -0.2) is 4.39 Å². The number of pyridine rings is 1. The van der Waals surface area contributed by atoms with Crippen LogP contribution in [0.1, 0.15) is 0 Å². The van der Waals surface area contributed by atoms with Gasteiger partial charge in [0.25, 0.3) is 0 Å². The fourth-order valence-corrected chi connectivity index (χ4v) is 1.81. The molecule has 0 aliphatic rings. The Morgan fingerprint density at radius 3 is 2.92 bits per heavy atom. The Kier molecular flexibility index (Phi) is 1.81. The normalized spacial score (nSPS) is 10.8. The van der Waals surface area contributed by atoms with E-state index in [0.29, 0.717) is 0 Å². The van der Waals surface area contributed by atoms with Crippen LogP contribution in [0.5, 0.6) is 0 Å². The zero-order valence-electron chi connectivity index (χ0n) is 6.62. The largest absolute Gasteiger partial charge is 0.320 e. The lowest BCUT2D eigenvalue weighted by Gasteiger charge is -1.95. The van der Waals surface area contributed by atoms with Crippen molar-refractivity contribution in [3.05, 3.63) is 36.4 Å². The lowest BCUT2D eigenvalue weighted by atomic mass is 10.4. The maximum absolute atomic E-state index is 12.7. The van der Waals surface area contributed by atoms with E-state index in [4.69, 9.17) is 0 Å². The molecule has 0 radical (unpaired) electrons. The van der Waals surface area contributed by atoms with Crippen molar-refractivity contribution in [3.8, 4) is 0 Å². The Labute approximate surface area is 74.2 Å². The second-order valence-electron chi connectivity index (χ2n) is 2.52. The van der Waals surface area contributed by atoms with Crippen LogP contribution in [-0.2, 0) is 0 Å². The summed E-state index contributed by atoms with van der Waals surface area (Å²) in [6.45, 7) is 0. The van der Waals surface area contributed by atoms with Crippen LogP contribution in [0.2, 0.25) is 0 Å². The Morgan fingerprint density at radius 2 is 2.17 bits per heavy atom. The van der Waals surface area contributed by atoms with E-state index in [1.807, 2.05) is 18.5 Å². The van der Waals surface area contributed by atoms with Gasteiger partial charge in [0.2, 0.25) is 0 Å². The molecule has 12 heavy (non-hydrogen) atoms. The third-order valence-corrected chi connectivity index (χ3v) is 2.58. The zero-order chi connectivity index (χ0) is 8.55. The molecule has 62 valence electrons. The molecule has 0 aromatic carbocycles. The summed E-state index contributed by atoms with van der Waals surface area (Å²) in [5.74, 6) is -0.203. The van der Waals surface area contributed by atoms with Gasteiger partial charge < -0.3 is 4.40 Å². The molecule has 0 unspecified atom stereocenters. The van der Waals surface area contributed by atoms with Crippen molar-refractivity contribution in [3.63, 3.8) is 0 Å². The first-order valence-electron chi connectivity index (χ1n) is 3.61. The van der Waals surface area contributed by atoms with Gasteiger partial charge in [0, 0.05) is 17.3 Å². The van der Waals surface area contributed by atoms with Crippen molar-refractivity contribution in [2.24, 2.45) is 0 Å². The van der Waals surface area contributed by atoms with Crippen LogP contribution >= 0.6 is 11.8 Å². The summed E-state index contributed by atoms with van der Waals surface area (Å²) in [7, 11) is 0. The van der Waals surface area contributed by atoms with Crippen LogP contribution in [0.3, 0.4) is 0 Å². The average molecular weight is 181 g/mol. The summed E-state index contributed by atoms with van der Waals surface area (Å²) < 4.78 is 14.5. The third-order valence-electron chi connectivity index (χ3n) is 1.80. The van der Waals surface area contributed by atoms with Crippen LogP contribution in [0.15, 0.2) is 35.5 Å². The molecule has 2 aromatic rings. The number of hydrogen-bond donors (Lipinski definition) is 0. The molecule has 3 heteroatoms. The molecule has 0 bridgehead atoms. The highest BCUT2D eigenvalue weighted by Gasteiger charge is 2.00. The third kappa shape index (κ3) is 1.10. The highest BCUT2D eigenvalue weighted by molar-refractivity contribution is 7.98. The highest BCUT2D eigenvalue weighted by atomic mass is 32.2. The van der Waals surface area contributed by atoms with Crippen LogP contribution in [0.4, 0.5) is 4.39 Å². The van der Waals surface area contributed by atoms with E-state index in [1.54, 1.807) is 22.2 Å². The quantitative estimate of drug-likeness (QED) is 0.612. The summed E-state index contributed by atoms with van der Waals surface area (Å²) in [6, 6.07) is 5.26. The Morgan fingerprint density at radius 1 is 1.33 bits per heavy atom. The lowest BCUT2D eigenvalue weighted by Crippen LogP contribution is -1.83. The second-order valence-corrected chi connectivity index (χ2v) is 3.37. The molecule has 2 aromatic heterocycles. The van der Waals surface area contributed by atoms with E-state index in [0.717, 1.165) is 5.52 Å². The van der Waals surface area contributed by atoms with Crippen molar-refractivity contribution in [2.45, 2.75) is 4.90 Å². The van der Waals surface area contributed by atoms with Gasteiger partial charge in [-0.05, 0) is 24.5 Å². The first-order chi connectivity index (χ1) is 5.81. The van der Waals surface area contributed by atoms with E-state index in [9.17, 15) is 4.39 Å². The standard InChI is InChI=1S/C9H8FNS/c1-12-9-4-5-11-6-7(10)2-3-8(9)11/h2-6H,1H3. The van der Waals surface area contributed by atoms with Gasteiger partial charge in [-0.15, -0.1) is 11.8 Å². The Balaban J connectivity index is 2.73. The van der Waals surface area contributed by atoms with Gasteiger partial charge in [-0.1, -0.05) is 0 Å². The van der Waals surface area contributed by atoms with Crippen molar-refractivity contribution in [1.82, 2.24) is 4.40 Å². The van der Waals surface area contributed by atoms with Gasteiger partial charge >= 0.3 is 0 Å². The monoisotopic (exact) mass is 181 g/mol. The molecule has 0 fully saturated rings. The Hall–Kier alpha value is -0.960. The summed E-state index contributed by atoms with van der Waals surface area (Å²) in [5, 5.41) is 0. The second kappa shape index (κ2) is 2.83. The molecule has 0 amide bonds. The van der Waals surface area contributed by atoms with Crippen LogP contribution in [0.25, 0.3) is 5.52 Å². The number of rotatable bonds is 1. The number of aromatic nitrogens is 1. The van der Waals surface area contributed by atoms with Gasteiger partial charge in [-0.2, -0.15) is 0 Å². The molecular formula is C9H8FNS. The predicted molar refractivity (Wildman–Crippen MR) is 49.1 cm³/mol. The minimum Gasteiger partial charge on any atom is -0.320 e. The van der Waals surface area contributed by atoms with E-state index < -0.39 is 0 Å². The van der Waals surface area contributed by atoms with Crippen molar-refractivity contribution >= 4 is 17.3 Å². The zero-order valence-corrected chi connectivity index (χ0v) is 7.44. The minimum absolute atomic E-state index is 0.203. The number of halogens is 1. The maximum atomic E-state index is 12.7. The lowest BCUT2D eigenvalue weighted by molar-refractivity contribution is 0.619. The van der Waals surface area contributed by atoms with Gasteiger partial charge in [-0.3, -0.25) is 0 Å².